The number of ether oxygens (including phenoxy) is 2. The predicted octanol–water partition coefficient (Wildman–Crippen LogP) is 2.40. The third-order valence-electron chi connectivity index (χ3n) is 3.59. The molecular formula is C16H20O4. The number of benzene rings is 1. The summed E-state index contributed by atoms with van der Waals surface area (Å²) >= 11 is 0. The van der Waals surface area contributed by atoms with Gasteiger partial charge in [-0.1, -0.05) is 12.1 Å². The molecule has 4 nitrogen and oxygen atoms in total. The highest BCUT2D eigenvalue weighted by Gasteiger charge is 2.48. The molecule has 0 unspecified atom stereocenters. The van der Waals surface area contributed by atoms with Gasteiger partial charge in [0.15, 0.2) is 0 Å². The number of hydrogen-bond acceptors (Lipinski definition) is 4. The fourth-order valence-electron chi connectivity index (χ4n) is 2.34. The summed E-state index contributed by atoms with van der Waals surface area (Å²) < 4.78 is 10.1. The largest absolute Gasteiger partial charge is 0.497 e. The first kappa shape index (κ1) is 14.6. The third kappa shape index (κ3) is 3.59. The summed E-state index contributed by atoms with van der Waals surface area (Å²) in [5.74, 6) is 0.399. The molecule has 1 aromatic carbocycles. The lowest BCUT2D eigenvalue weighted by molar-refractivity contribution is -0.145. The molecule has 0 aromatic heterocycles. The number of aryl methyl sites for hydroxylation is 1. The fourth-order valence-corrected chi connectivity index (χ4v) is 2.34. The number of carbonyl (C=O) groups excluding carboxylic acids is 2. The number of esters is 1. The predicted molar refractivity (Wildman–Crippen MR) is 74.6 cm³/mol. The standard InChI is InChI=1S/C16H20O4/c1-3-20-16(18)14-10-13(14)15(17)8-7-11-5-4-6-12(9-11)19-2/h4-6,9,13-14H,3,7-8,10H2,1-2H3/t13-,14-/m0/s1. The Balaban J connectivity index is 1.80. The first-order valence-electron chi connectivity index (χ1n) is 6.98. The molecule has 0 N–H and O–H groups in total. The van der Waals surface area contributed by atoms with Crippen LogP contribution >= 0.6 is 0 Å². The molecule has 4 heteroatoms. The molecule has 1 saturated carbocycles. The Morgan fingerprint density at radius 3 is 2.80 bits per heavy atom. The van der Waals surface area contributed by atoms with E-state index < -0.39 is 0 Å². The average molecular weight is 276 g/mol. The van der Waals surface area contributed by atoms with Gasteiger partial charge in [0.1, 0.15) is 11.5 Å². The van der Waals surface area contributed by atoms with Crippen LogP contribution < -0.4 is 4.74 Å². The summed E-state index contributed by atoms with van der Waals surface area (Å²) in [6, 6.07) is 7.70. The van der Waals surface area contributed by atoms with Gasteiger partial charge in [-0.2, -0.15) is 0 Å². The summed E-state index contributed by atoms with van der Waals surface area (Å²) in [6.45, 7) is 2.15. The fraction of sp³-hybridized carbons (Fsp3) is 0.500. The van der Waals surface area contributed by atoms with Gasteiger partial charge in [-0.3, -0.25) is 9.59 Å². The van der Waals surface area contributed by atoms with Gasteiger partial charge in [0, 0.05) is 12.3 Å². The molecular weight excluding hydrogens is 256 g/mol. The van der Waals surface area contributed by atoms with Gasteiger partial charge in [-0.05, 0) is 37.5 Å². The van der Waals surface area contributed by atoms with Crippen LogP contribution in [0.3, 0.4) is 0 Å². The van der Waals surface area contributed by atoms with E-state index in [9.17, 15) is 9.59 Å². The number of ketones is 1. The van der Waals surface area contributed by atoms with Crippen LogP contribution in [0.2, 0.25) is 0 Å². The Morgan fingerprint density at radius 1 is 1.30 bits per heavy atom. The zero-order valence-electron chi connectivity index (χ0n) is 11.9. The molecule has 1 fully saturated rings. The van der Waals surface area contributed by atoms with Crippen molar-refractivity contribution < 1.29 is 19.1 Å². The van der Waals surface area contributed by atoms with E-state index in [1.54, 1.807) is 14.0 Å². The molecule has 20 heavy (non-hydrogen) atoms. The molecule has 1 aromatic rings. The van der Waals surface area contributed by atoms with E-state index in [0.717, 1.165) is 11.3 Å². The van der Waals surface area contributed by atoms with Crippen LogP contribution in [0.4, 0.5) is 0 Å². The Hall–Kier alpha value is -1.84. The van der Waals surface area contributed by atoms with Gasteiger partial charge in [-0.15, -0.1) is 0 Å². The number of carbonyl (C=O) groups is 2. The van der Waals surface area contributed by atoms with Gasteiger partial charge >= 0.3 is 5.97 Å². The highest BCUT2D eigenvalue weighted by atomic mass is 16.5. The van der Waals surface area contributed by atoms with Crippen molar-refractivity contribution in [3.63, 3.8) is 0 Å². The van der Waals surface area contributed by atoms with E-state index in [4.69, 9.17) is 9.47 Å². The highest BCUT2D eigenvalue weighted by Crippen LogP contribution is 2.41. The Labute approximate surface area is 119 Å². The van der Waals surface area contributed by atoms with Gasteiger partial charge in [0.2, 0.25) is 0 Å². The molecule has 0 aliphatic heterocycles. The number of rotatable bonds is 7. The Kier molecular flexibility index (Phi) is 4.77. The second-order valence-electron chi connectivity index (χ2n) is 5.02. The quantitative estimate of drug-likeness (QED) is 0.718. The summed E-state index contributed by atoms with van der Waals surface area (Å²) in [7, 11) is 1.62. The number of Topliss-reactive ketones (excluding diaryl/α,β-unsaturated/α-hetero) is 1. The highest BCUT2D eigenvalue weighted by molar-refractivity contribution is 5.91. The molecule has 108 valence electrons. The molecule has 2 atom stereocenters. The number of methoxy groups -OCH3 is 1. The zero-order valence-corrected chi connectivity index (χ0v) is 11.9. The van der Waals surface area contributed by atoms with E-state index in [1.165, 1.54) is 0 Å². The molecule has 1 aliphatic rings. The smallest absolute Gasteiger partial charge is 0.309 e. The van der Waals surface area contributed by atoms with Crippen molar-refractivity contribution in [2.45, 2.75) is 26.2 Å². The normalized spacial score (nSPS) is 20.3. The Morgan fingerprint density at radius 2 is 2.10 bits per heavy atom. The van der Waals surface area contributed by atoms with Crippen molar-refractivity contribution >= 4 is 11.8 Å². The first-order valence-corrected chi connectivity index (χ1v) is 6.98. The van der Waals surface area contributed by atoms with Gasteiger partial charge in [0.05, 0.1) is 19.6 Å². The van der Waals surface area contributed by atoms with Crippen molar-refractivity contribution in [2.24, 2.45) is 11.8 Å². The summed E-state index contributed by atoms with van der Waals surface area (Å²) in [4.78, 5) is 23.5. The maximum absolute atomic E-state index is 12.0. The maximum atomic E-state index is 12.0. The van der Waals surface area contributed by atoms with E-state index in [2.05, 4.69) is 0 Å². The molecule has 0 bridgehead atoms. The minimum atomic E-state index is -0.229. The molecule has 0 amide bonds. The van der Waals surface area contributed by atoms with Crippen molar-refractivity contribution in [3.8, 4) is 5.75 Å². The monoisotopic (exact) mass is 276 g/mol. The summed E-state index contributed by atoms with van der Waals surface area (Å²) in [5.41, 5.74) is 1.08. The lowest BCUT2D eigenvalue weighted by Gasteiger charge is -2.04. The van der Waals surface area contributed by atoms with Crippen LogP contribution in [0.25, 0.3) is 0 Å². The molecule has 0 heterocycles. The topological polar surface area (TPSA) is 52.6 Å². The summed E-state index contributed by atoms with van der Waals surface area (Å²) in [5, 5.41) is 0. The van der Waals surface area contributed by atoms with Crippen LogP contribution in [0, 0.1) is 11.8 Å². The van der Waals surface area contributed by atoms with Crippen LogP contribution in [-0.2, 0) is 20.7 Å². The molecule has 1 aliphatic carbocycles. The maximum Gasteiger partial charge on any atom is 0.309 e. The van der Waals surface area contributed by atoms with E-state index in [1.807, 2.05) is 24.3 Å². The van der Waals surface area contributed by atoms with E-state index in [0.29, 0.717) is 25.9 Å². The van der Waals surface area contributed by atoms with Crippen LogP contribution in [0.5, 0.6) is 5.75 Å². The molecule has 0 radical (unpaired) electrons. The van der Waals surface area contributed by atoms with Crippen molar-refractivity contribution in [3.05, 3.63) is 29.8 Å². The third-order valence-corrected chi connectivity index (χ3v) is 3.59. The van der Waals surface area contributed by atoms with Gasteiger partial charge < -0.3 is 9.47 Å². The SMILES string of the molecule is CCOC(=O)[C@H]1C[C@@H]1C(=O)CCc1cccc(OC)c1. The zero-order chi connectivity index (χ0) is 14.5. The summed E-state index contributed by atoms with van der Waals surface area (Å²) in [6.07, 6.45) is 1.80. The van der Waals surface area contributed by atoms with Crippen LogP contribution in [-0.4, -0.2) is 25.5 Å². The minimum absolute atomic E-state index is 0.125. The lowest BCUT2D eigenvalue weighted by Crippen LogP contribution is -2.12. The number of hydrogen-bond donors (Lipinski definition) is 0. The second-order valence-corrected chi connectivity index (χ2v) is 5.02. The van der Waals surface area contributed by atoms with Gasteiger partial charge in [0.25, 0.3) is 0 Å². The first-order chi connectivity index (χ1) is 9.65. The van der Waals surface area contributed by atoms with Gasteiger partial charge in [-0.25, -0.2) is 0 Å². The Bertz CT molecular complexity index is 495. The second kappa shape index (κ2) is 6.55. The minimum Gasteiger partial charge on any atom is -0.497 e. The van der Waals surface area contributed by atoms with Crippen LogP contribution in [0.15, 0.2) is 24.3 Å². The lowest BCUT2D eigenvalue weighted by atomic mass is 10.0. The van der Waals surface area contributed by atoms with Crippen LogP contribution in [0.1, 0.15) is 25.3 Å². The molecule has 2 rings (SSSR count). The van der Waals surface area contributed by atoms with Crippen molar-refractivity contribution in [2.75, 3.05) is 13.7 Å². The van der Waals surface area contributed by atoms with Crippen molar-refractivity contribution in [1.29, 1.82) is 0 Å². The molecule has 0 saturated heterocycles. The van der Waals surface area contributed by atoms with E-state index >= 15 is 0 Å². The van der Waals surface area contributed by atoms with Crippen molar-refractivity contribution in [1.82, 2.24) is 0 Å². The molecule has 0 spiro atoms. The average Bonchev–Trinajstić information content (AvgIpc) is 3.26. The van der Waals surface area contributed by atoms with E-state index in [-0.39, 0.29) is 23.6 Å².